The van der Waals surface area contributed by atoms with Gasteiger partial charge in [0.25, 0.3) is 0 Å². The molecule has 3 rings (SSSR count). The average molecular weight is 468 g/mol. The van der Waals surface area contributed by atoms with Gasteiger partial charge in [-0.1, -0.05) is 30.3 Å². The van der Waals surface area contributed by atoms with E-state index in [-0.39, 0.29) is 29.9 Å². The topological polar surface area (TPSA) is 38.8 Å². The number of ether oxygens (including phenoxy) is 2. The molecule has 1 saturated heterocycles. The summed E-state index contributed by atoms with van der Waals surface area (Å²) in [5.41, 5.74) is 2.20. The third-order valence-corrected chi connectivity index (χ3v) is 5.94. The van der Waals surface area contributed by atoms with Crippen molar-refractivity contribution in [3.05, 3.63) is 82.9 Å². The first-order chi connectivity index (χ1) is 16.5. The maximum absolute atomic E-state index is 13.4. The van der Waals surface area contributed by atoms with Gasteiger partial charge in [-0.2, -0.15) is 0 Å². The number of carbonyl (C=O) groups excluding carboxylic acids is 1. The number of benzene rings is 2. The Labute approximate surface area is 200 Å². The lowest BCUT2D eigenvalue weighted by Crippen LogP contribution is -2.36. The molecule has 1 fully saturated rings. The SMILES string of the molecule is C#CCC(=CC1CCN(CCOC(c2ccc(F)cc2)c2ccc(F)cc2)CC1)C(=O)OCC. The zero-order chi connectivity index (χ0) is 24.3. The molecular formula is C28H31F2NO3. The van der Waals surface area contributed by atoms with Crippen molar-refractivity contribution < 1.29 is 23.0 Å². The third-order valence-electron chi connectivity index (χ3n) is 5.94. The highest BCUT2D eigenvalue weighted by Crippen LogP contribution is 2.27. The number of nitrogens with zero attached hydrogens (tertiary/aromatic N) is 1. The smallest absolute Gasteiger partial charge is 0.334 e. The minimum atomic E-state index is -0.405. The van der Waals surface area contributed by atoms with Crippen LogP contribution in [0.4, 0.5) is 8.78 Å². The molecule has 180 valence electrons. The Kier molecular flexibility index (Phi) is 9.81. The average Bonchev–Trinajstić information content (AvgIpc) is 2.84. The summed E-state index contributed by atoms with van der Waals surface area (Å²) in [7, 11) is 0. The quantitative estimate of drug-likeness (QED) is 0.270. The summed E-state index contributed by atoms with van der Waals surface area (Å²) in [5, 5.41) is 0. The Bertz CT molecular complexity index is 942. The molecule has 1 aliphatic heterocycles. The van der Waals surface area contributed by atoms with Crippen LogP contribution in [-0.4, -0.2) is 43.7 Å². The number of allylic oxidation sites excluding steroid dienone is 1. The molecule has 34 heavy (non-hydrogen) atoms. The Morgan fingerprint density at radius 1 is 1.09 bits per heavy atom. The van der Waals surface area contributed by atoms with Crippen molar-refractivity contribution in [3.63, 3.8) is 0 Å². The normalized spacial score (nSPS) is 15.3. The number of esters is 1. The van der Waals surface area contributed by atoms with E-state index >= 15 is 0 Å². The summed E-state index contributed by atoms with van der Waals surface area (Å²) in [4.78, 5) is 14.4. The predicted octanol–water partition coefficient (Wildman–Crippen LogP) is 5.30. The van der Waals surface area contributed by atoms with Gasteiger partial charge in [0, 0.05) is 18.5 Å². The van der Waals surface area contributed by atoms with E-state index in [0.717, 1.165) is 43.6 Å². The van der Waals surface area contributed by atoms with Crippen LogP contribution in [0.2, 0.25) is 0 Å². The monoisotopic (exact) mass is 467 g/mol. The lowest BCUT2D eigenvalue weighted by Gasteiger charge is -2.31. The van der Waals surface area contributed by atoms with Gasteiger partial charge in [-0.25, -0.2) is 13.6 Å². The van der Waals surface area contributed by atoms with Gasteiger partial charge in [-0.3, -0.25) is 0 Å². The van der Waals surface area contributed by atoms with E-state index in [2.05, 4.69) is 10.8 Å². The fourth-order valence-corrected chi connectivity index (χ4v) is 4.12. The minimum absolute atomic E-state index is 0.279. The summed E-state index contributed by atoms with van der Waals surface area (Å²) in [5.74, 6) is 1.87. The van der Waals surface area contributed by atoms with Gasteiger partial charge in [-0.05, 0) is 74.2 Å². The van der Waals surface area contributed by atoms with Crippen LogP contribution in [0, 0.1) is 29.9 Å². The number of hydrogen-bond donors (Lipinski definition) is 0. The fourth-order valence-electron chi connectivity index (χ4n) is 4.12. The lowest BCUT2D eigenvalue weighted by atomic mass is 9.93. The minimum Gasteiger partial charge on any atom is -0.463 e. The third kappa shape index (κ3) is 7.51. The molecule has 0 spiro atoms. The first-order valence-corrected chi connectivity index (χ1v) is 11.7. The number of terminal acetylenes is 1. The van der Waals surface area contributed by atoms with Crippen LogP contribution in [0.5, 0.6) is 0 Å². The maximum Gasteiger partial charge on any atom is 0.334 e. The lowest BCUT2D eigenvalue weighted by molar-refractivity contribution is -0.138. The van der Waals surface area contributed by atoms with Crippen LogP contribution in [0.25, 0.3) is 0 Å². The van der Waals surface area contributed by atoms with E-state index in [9.17, 15) is 13.6 Å². The molecule has 0 saturated carbocycles. The van der Waals surface area contributed by atoms with E-state index in [1.807, 2.05) is 6.08 Å². The van der Waals surface area contributed by atoms with Crippen LogP contribution in [0.1, 0.15) is 43.4 Å². The van der Waals surface area contributed by atoms with Gasteiger partial charge >= 0.3 is 5.97 Å². The van der Waals surface area contributed by atoms with Crippen molar-refractivity contribution in [1.29, 1.82) is 0 Å². The fraction of sp³-hybridized carbons (Fsp3) is 0.393. The Balaban J connectivity index is 1.55. The summed E-state index contributed by atoms with van der Waals surface area (Å²) >= 11 is 0. The Hall–Kier alpha value is -3.01. The first-order valence-electron chi connectivity index (χ1n) is 11.7. The Morgan fingerprint density at radius 2 is 1.65 bits per heavy atom. The number of carbonyl (C=O) groups is 1. The molecular weight excluding hydrogens is 436 g/mol. The molecule has 0 aromatic heterocycles. The van der Waals surface area contributed by atoms with Gasteiger partial charge in [0.15, 0.2) is 0 Å². The zero-order valence-corrected chi connectivity index (χ0v) is 19.5. The molecule has 0 bridgehead atoms. The summed E-state index contributed by atoms with van der Waals surface area (Å²) in [6.45, 7) is 5.09. The second kappa shape index (κ2) is 13.0. The second-order valence-electron chi connectivity index (χ2n) is 8.33. The van der Waals surface area contributed by atoms with Crippen LogP contribution < -0.4 is 0 Å². The first kappa shape index (κ1) is 25.6. The van der Waals surface area contributed by atoms with Crippen molar-refractivity contribution in [2.24, 2.45) is 5.92 Å². The van der Waals surface area contributed by atoms with Crippen LogP contribution in [0.15, 0.2) is 60.2 Å². The van der Waals surface area contributed by atoms with Gasteiger partial charge in [0.2, 0.25) is 0 Å². The maximum atomic E-state index is 13.4. The second-order valence-corrected chi connectivity index (χ2v) is 8.33. The largest absolute Gasteiger partial charge is 0.463 e. The molecule has 0 amide bonds. The molecule has 4 nitrogen and oxygen atoms in total. The highest BCUT2D eigenvalue weighted by molar-refractivity contribution is 5.89. The van der Waals surface area contributed by atoms with Gasteiger partial charge in [0.1, 0.15) is 17.7 Å². The molecule has 1 aliphatic rings. The number of likely N-dealkylation sites (tertiary alicyclic amines) is 1. The van der Waals surface area contributed by atoms with Crippen molar-refractivity contribution in [3.8, 4) is 12.3 Å². The van der Waals surface area contributed by atoms with E-state index < -0.39 is 6.10 Å². The summed E-state index contributed by atoms with van der Waals surface area (Å²) in [6, 6.07) is 12.4. The number of piperidine rings is 1. The number of hydrogen-bond acceptors (Lipinski definition) is 4. The van der Waals surface area contributed by atoms with Crippen LogP contribution in [-0.2, 0) is 14.3 Å². The molecule has 0 radical (unpaired) electrons. The van der Waals surface area contributed by atoms with E-state index in [0.29, 0.717) is 18.8 Å². The highest BCUT2D eigenvalue weighted by atomic mass is 19.1. The van der Waals surface area contributed by atoms with Gasteiger partial charge in [-0.15, -0.1) is 12.3 Å². The standard InChI is InChI=1S/C28H31F2NO3/c1-3-5-24(28(32)33-4-2)20-21-14-16-31(17-15-21)18-19-34-27(22-6-10-25(29)11-7-22)23-8-12-26(30)13-9-23/h1,6-13,20-21,27H,4-5,14-19H2,2H3. The molecule has 0 atom stereocenters. The van der Waals surface area contributed by atoms with Crippen molar-refractivity contribution in [1.82, 2.24) is 4.90 Å². The van der Waals surface area contributed by atoms with Crippen molar-refractivity contribution >= 4 is 5.97 Å². The van der Waals surface area contributed by atoms with E-state index in [1.165, 1.54) is 24.3 Å². The van der Waals surface area contributed by atoms with Crippen molar-refractivity contribution in [2.45, 2.75) is 32.3 Å². The molecule has 0 N–H and O–H groups in total. The molecule has 0 unspecified atom stereocenters. The molecule has 1 heterocycles. The van der Waals surface area contributed by atoms with E-state index in [4.69, 9.17) is 15.9 Å². The Morgan fingerprint density at radius 3 is 2.15 bits per heavy atom. The van der Waals surface area contributed by atoms with Gasteiger partial charge in [0.05, 0.1) is 13.2 Å². The molecule has 0 aliphatic carbocycles. The predicted molar refractivity (Wildman–Crippen MR) is 128 cm³/mol. The van der Waals surface area contributed by atoms with Crippen molar-refractivity contribution in [2.75, 3.05) is 32.8 Å². The highest BCUT2D eigenvalue weighted by Gasteiger charge is 2.21. The zero-order valence-electron chi connectivity index (χ0n) is 19.5. The number of halogens is 2. The summed E-state index contributed by atoms with van der Waals surface area (Å²) in [6.07, 6.45) is 9.11. The molecule has 6 heteroatoms. The molecule has 2 aromatic carbocycles. The van der Waals surface area contributed by atoms with E-state index in [1.54, 1.807) is 31.2 Å². The van der Waals surface area contributed by atoms with Crippen LogP contribution >= 0.6 is 0 Å². The molecule has 2 aromatic rings. The summed E-state index contributed by atoms with van der Waals surface area (Å²) < 4.78 is 38.1. The van der Waals surface area contributed by atoms with Gasteiger partial charge < -0.3 is 14.4 Å². The van der Waals surface area contributed by atoms with Crippen LogP contribution in [0.3, 0.4) is 0 Å². The number of rotatable bonds is 10.